The van der Waals surface area contributed by atoms with Crippen molar-refractivity contribution in [3.8, 4) is 16.4 Å². The van der Waals surface area contributed by atoms with Crippen LogP contribution in [-0.2, 0) is 6.42 Å². The van der Waals surface area contributed by atoms with Gasteiger partial charge >= 0.3 is 0 Å². The highest BCUT2D eigenvalue weighted by Gasteiger charge is 2.16. The van der Waals surface area contributed by atoms with Crippen molar-refractivity contribution < 1.29 is 0 Å². The average Bonchev–Trinajstić information content (AvgIpc) is 3.30. The summed E-state index contributed by atoms with van der Waals surface area (Å²) in [5.74, 6) is 0. The van der Waals surface area contributed by atoms with Crippen LogP contribution >= 0.6 is 34.0 Å². The molecule has 0 aromatic carbocycles. The Kier molecular flexibility index (Phi) is 4.07. The van der Waals surface area contributed by atoms with E-state index in [0.717, 1.165) is 33.0 Å². The van der Waals surface area contributed by atoms with Crippen molar-refractivity contribution in [2.24, 2.45) is 0 Å². The quantitative estimate of drug-likeness (QED) is 0.505. The predicted octanol–water partition coefficient (Wildman–Crippen LogP) is 5.03. The smallest absolute Gasteiger partial charge is 0.193 e. The summed E-state index contributed by atoms with van der Waals surface area (Å²) in [4.78, 5) is 13.8. The molecule has 0 saturated carbocycles. The van der Waals surface area contributed by atoms with Crippen molar-refractivity contribution in [3.05, 3.63) is 55.5 Å². The summed E-state index contributed by atoms with van der Waals surface area (Å²) in [6.07, 6.45) is 2.66. The first kappa shape index (κ1) is 15.7. The molecule has 7 heteroatoms. The Balaban J connectivity index is 1.66. The fourth-order valence-electron chi connectivity index (χ4n) is 2.77. The molecule has 122 valence electrons. The summed E-state index contributed by atoms with van der Waals surface area (Å²) in [5, 5.41) is 9.48. The maximum atomic E-state index is 4.84. The first-order chi connectivity index (χ1) is 11.6. The fourth-order valence-corrected chi connectivity index (χ4v) is 5.19. The van der Waals surface area contributed by atoms with Crippen LogP contribution in [0.5, 0.6) is 0 Å². The lowest BCUT2D eigenvalue weighted by atomic mass is 10.2. The standard InChI is InChI=1S/C17H16N4S3/c1-10-8-23-15(19-10)7-16-20-14(9-24-16)13-6-11(2)21(12(13)3)17-18-4-5-22-17/h4-6,8-9H,7H2,1-3H3. The van der Waals surface area contributed by atoms with E-state index in [0.29, 0.717) is 0 Å². The van der Waals surface area contributed by atoms with Crippen LogP contribution < -0.4 is 0 Å². The van der Waals surface area contributed by atoms with Gasteiger partial charge in [0.1, 0.15) is 5.01 Å². The average molecular weight is 373 g/mol. The number of nitrogens with zero attached hydrogens (tertiary/aromatic N) is 4. The molecule has 0 saturated heterocycles. The summed E-state index contributed by atoms with van der Waals surface area (Å²) < 4.78 is 2.20. The minimum atomic E-state index is 0.814. The van der Waals surface area contributed by atoms with E-state index < -0.39 is 0 Å². The topological polar surface area (TPSA) is 43.6 Å². The van der Waals surface area contributed by atoms with Gasteiger partial charge in [-0.25, -0.2) is 15.0 Å². The first-order valence-corrected chi connectivity index (χ1v) is 10.2. The largest absolute Gasteiger partial charge is 0.294 e. The van der Waals surface area contributed by atoms with E-state index in [2.05, 4.69) is 45.2 Å². The second-order valence-corrected chi connectivity index (χ2v) is 8.38. The van der Waals surface area contributed by atoms with E-state index in [1.165, 1.54) is 17.0 Å². The van der Waals surface area contributed by atoms with Crippen molar-refractivity contribution >= 4 is 34.0 Å². The van der Waals surface area contributed by atoms with Gasteiger partial charge in [-0.3, -0.25) is 4.57 Å². The van der Waals surface area contributed by atoms with Gasteiger partial charge in [0.15, 0.2) is 5.13 Å². The summed E-state index contributed by atoms with van der Waals surface area (Å²) in [6, 6.07) is 2.20. The molecule has 0 radical (unpaired) electrons. The molecule has 0 atom stereocenters. The number of thiazole rings is 3. The number of hydrogen-bond acceptors (Lipinski definition) is 6. The molecule has 0 N–H and O–H groups in total. The Bertz CT molecular complexity index is 976. The lowest BCUT2D eigenvalue weighted by molar-refractivity contribution is 0.950. The number of hydrogen-bond donors (Lipinski definition) is 0. The molecule has 4 aromatic heterocycles. The second kappa shape index (κ2) is 6.23. The van der Waals surface area contributed by atoms with Gasteiger partial charge in [0.05, 0.1) is 17.1 Å². The monoisotopic (exact) mass is 372 g/mol. The van der Waals surface area contributed by atoms with Crippen LogP contribution in [0.2, 0.25) is 0 Å². The SMILES string of the molecule is Cc1csc(Cc2nc(-c3cc(C)n(-c4nccs4)c3C)cs2)n1. The van der Waals surface area contributed by atoms with Gasteiger partial charge < -0.3 is 0 Å². The van der Waals surface area contributed by atoms with Crippen molar-refractivity contribution in [2.45, 2.75) is 27.2 Å². The van der Waals surface area contributed by atoms with Crippen LogP contribution in [0.3, 0.4) is 0 Å². The van der Waals surface area contributed by atoms with E-state index in [1.54, 1.807) is 34.0 Å². The summed E-state index contributed by atoms with van der Waals surface area (Å²) >= 11 is 5.05. The van der Waals surface area contributed by atoms with Gasteiger partial charge in [-0.2, -0.15) is 0 Å². The van der Waals surface area contributed by atoms with Crippen LogP contribution in [0, 0.1) is 20.8 Å². The van der Waals surface area contributed by atoms with Crippen LogP contribution in [0.15, 0.2) is 28.4 Å². The van der Waals surface area contributed by atoms with Crippen LogP contribution in [0.25, 0.3) is 16.4 Å². The van der Waals surface area contributed by atoms with E-state index in [9.17, 15) is 0 Å². The van der Waals surface area contributed by atoms with Gasteiger partial charge in [0.2, 0.25) is 0 Å². The maximum absolute atomic E-state index is 4.84. The van der Waals surface area contributed by atoms with E-state index >= 15 is 0 Å². The highest BCUT2D eigenvalue weighted by atomic mass is 32.1. The highest BCUT2D eigenvalue weighted by molar-refractivity contribution is 7.12. The van der Waals surface area contributed by atoms with Crippen molar-refractivity contribution in [2.75, 3.05) is 0 Å². The van der Waals surface area contributed by atoms with Crippen molar-refractivity contribution in [3.63, 3.8) is 0 Å². The Morgan fingerprint density at radius 2 is 1.79 bits per heavy atom. The molecule has 24 heavy (non-hydrogen) atoms. The lowest BCUT2D eigenvalue weighted by Gasteiger charge is -2.04. The first-order valence-electron chi connectivity index (χ1n) is 7.56. The van der Waals surface area contributed by atoms with Gasteiger partial charge in [-0.1, -0.05) is 0 Å². The number of aryl methyl sites for hydroxylation is 2. The molecular formula is C17H16N4S3. The van der Waals surface area contributed by atoms with Crippen molar-refractivity contribution in [1.82, 2.24) is 19.5 Å². The summed E-state index contributed by atoms with van der Waals surface area (Å²) in [6.45, 7) is 6.28. The van der Waals surface area contributed by atoms with Gasteiger partial charge in [0.25, 0.3) is 0 Å². The molecule has 0 aliphatic heterocycles. The van der Waals surface area contributed by atoms with Gasteiger partial charge in [-0.15, -0.1) is 34.0 Å². The molecule has 0 fully saturated rings. The molecule has 0 aliphatic carbocycles. The zero-order valence-corrected chi connectivity index (χ0v) is 16.1. The molecular weight excluding hydrogens is 356 g/mol. The molecule has 4 rings (SSSR count). The van der Waals surface area contributed by atoms with E-state index in [-0.39, 0.29) is 0 Å². The van der Waals surface area contributed by atoms with E-state index in [4.69, 9.17) is 4.98 Å². The Hall–Kier alpha value is -1.83. The molecule has 0 unspecified atom stereocenters. The zero-order valence-electron chi connectivity index (χ0n) is 13.6. The number of aromatic nitrogens is 4. The molecule has 0 spiro atoms. The maximum Gasteiger partial charge on any atom is 0.193 e. The normalized spacial score (nSPS) is 11.3. The molecule has 4 nitrogen and oxygen atoms in total. The fraction of sp³-hybridized carbons (Fsp3) is 0.235. The van der Waals surface area contributed by atoms with Crippen LogP contribution in [0.4, 0.5) is 0 Å². The zero-order chi connectivity index (χ0) is 16.7. The predicted molar refractivity (Wildman–Crippen MR) is 102 cm³/mol. The Labute approximate surface area is 152 Å². The summed E-state index contributed by atoms with van der Waals surface area (Å²) in [7, 11) is 0. The van der Waals surface area contributed by atoms with Gasteiger partial charge in [-0.05, 0) is 26.8 Å². The molecule has 4 aromatic rings. The molecule has 0 bridgehead atoms. The minimum Gasteiger partial charge on any atom is -0.294 e. The third-order valence-electron chi connectivity index (χ3n) is 3.84. The number of rotatable bonds is 4. The van der Waals surface area contributed by atoms with E-state index in [1.807, 2.05) is 18.5 Å². The van der Waals surface area contributed by atoms with Crippen molar-refractivity contribution in [1.29, 1.82) is 0 Å². The molecule has 4 heterocycles. The molecule has 0 amide bonds. The Morgan fingerprint density at radius 3 is 2.50 bits per heavy atom. The lowest BCUT2D eigenvalue weighted by Crippen LogP contribution is -1.98. The minimum absolute atomic E-state index is 0.814. The van der Waals surface area contributed by atoms with Gasteiger partial charge in [0, 0.05) is 45.0 Å². The third-order valence-corrected chi connectivity index (χ3v) is 6.41. The van der Waals surface area contributed by atoms with Crippen LogP contribution in [-0.4, -0.2) is 19.5 Å². The highest BCUT2D eigenvalue weighted by Crippen LogP contribution is 2.31. The van der Waals surface area contributed by atoms with Crippen LogP contribution in [0.1, 0.15) is 27.1 Å². The Morgan fingerprint density at radius 1 is 1.00 bits per heavy atom. The third kappa shape index (κ3) is 2.83. The summed E-state index contributed by atoms with van der Waals surface area (Å²) in [5.41, 5.74) is 5.67. The second-order valence-electron chi connectivity index (χ2n) is 5.62. The molecule has 0 aliphatic rings.